The second-order valence-electron chi connectivity index (χ2n) is 3.81. The van der Waals surface area contributed by atoms with E-state index in [1.54, 1.807) is 0 Å². The highest BCUT2D eigenvalue weighted by molar-refractivity contribution is 5.64. The third kappa shape index (κ3) is 3.63. The van der Waals surface area contributed by atoms with Crippen molar-refractivity contribution in [2.75, 3.05) is 13.1 Å². The van der Waals surface area contributed by atoms with E-state index in [2.05, 4.69) is 5.32 Å². The van der Waals surface area contributed by atoms with E-state index in [1.807, 2.05) is 0 Å². The van der Waals surface area contributed by atoms with E-state index in [4.69, 9.17) is 10.8 Å². The molecule has 0 unspecified atom stereocenters. The zero-order valence-corrected chi connectivity index (χ0v) is 7.83. The van der Waals surface area contributed by atoms with Gasteiger partial charge in [-0.2, -0.15) is 0 Å². The summed E-state index contributed by atoms with van der Waals surface area (Å²) in [6.45, 7) is 1.38. The molecule has 0 atom stereocenters. The monoisotopic (exact) mass is 186 g/mol. The maximum atomic E-state index is 10.2. The lowest BCUT2D eigenvalue weighted by Gasteiger charge is -2.27. The lowest BCUT2D eigenvalue weighted by Crippen LogP contribution is -2.31. The average molecular weight is 186 g/mol. The first-order chi connectivity index (χ1) is 6.22. The summed E-state index contributed by atoms with van der Waals surface area (Å²) in [6.07, 6.45) is 3.62. The van der Waals surface area contributed by atoms with Gasteiger partial charge in [0.05, 0.1) is 0 Å². The molecule has 13 heavy (non-hydrogen) atoms. The summed E-state index contributed by atoms with van der Waals surface area (Å²) in [4.78, 5) is 10.2. The zero-order valence-electron chi connectivity index (χ0n) is 7.83. The highest BCUT2D eigenvalue weighted by Gasteiger charge is 2.20. The molecule has 0 radical (unpaired) electrons. The maximum absolute atomic E-state index is 10.2. The first kappa shape index (κ1) is 10.3. The Balaban J connectivity index is 2.14. The fourth-order valence-electron chi connectivity index (χ4n) is 1.90. The summed E-state index contributed by atoms with van der Waals surface area (Å²) in [5.74, 6) is 1.19. The Morgan fingerprint density at radius 3 is 2.31 bits per heavy atom. The van der Waals surface area contributed by atoms with Gasteiger partial charge in [0.2, 0.25) is 0 Å². The van der Waals surface area contributed by atoms with Crippen LogP contribution in [-0.4, -0.2) is 24.3 Å². The number of nitrogens with one attached hydrogen (secondary N) is 1. The van der Waals surface area contributed by atoms with Gasteiger partial charge in [0.25, 0.3) is 0 Å². The van der Waals surface area contributed by atoms with Crippen molar-refractivity contribution < 1.29 is 9.90 Å². The van der Waals surface area contributed by atoms with Gasteiger partial charge in [-0.05, 0) is 44.1 Å². The Morgan fingerprint density at radius 2 is 1.85 bits per heavy atom. The first-order valence-corrected chi connectivity index (χ1v) is 4.89. The van der Waals surface area contributed by atoms with E-state index in [1.165, 1.54) is 0 Å². The molecule has 0 aromatic heterocycles. The first-order valence-electron chi connectivity index (χ1n) is 4.89. The molecule has 0 aliphatic heterocycles. The van der Waals surface area contributed by atoms with Gasteiger partial charge in [0, 0.05) is 6.54 Å². The van der Waals surface area contributed by atoms with Crippen molar-refractivity contribution in [3.63, 3.8) is 0 Å². The molecule has 4 nitrogen and oxygen atoms in total. The number of rotatable bonds is 3. The van der Waals surface area contributed by atoms with Crippen molar-refractivity contribution in [3.05, 3.63) is 0 Å². The van der Waals surface area contributed by atoms with Gasteiger partial charge in [-0.25, -0.2) is 4.79 Å². The van der Waals surface area contributed by atoms with Gasteiger partial charge in [0.1, 0.15) is 0 Å². The highest BCUT2D eigenvalue weighted by atomic mass is 16.4. The molecule has 0 saturated heterocycles. The molecule has 4 N–H and O–H groups in total. The smallest absolute Gasteiger partial charge is 0.404 e. The molecule has 1 aliphatic rings. The van der Waals surface area contributed by atoms with Gasteiger partial charge in [0.15, 0.2) is 0 Å². The van der Waals surface area contributed by atoms with Crippen LogP contribution in [0.4, 0.5) is 4.79 Å². The standard InChI is InChI=1S/C9H18N2O2/c10-5-7-1-3-8(4-2-7)6-11-9(12)13/h7-8,11H,1-6,10H2,(H,12,13)/t7-,8-. The summed E-state index contributed by atoms with van der Waals surface area (Å²) < 4.78 is 0. The van der Waals surface area contributed by atoms with E-state index in [-0.39, 0.29) is 0 Å². The van der Waals surface area contributed by atoms with Crippen LogP contribution in [0.1, 0.15) is 25.7 Å². The Hall–Kier alpha value is -0.770. The maximum Gasteiger partial charge on any atom is 0.404 e. The molecule has 0 heterocycles. The lowest BCUT2D eigenvalue weighted by atomic mass is 9.82. The van der Waals surface area contributed by atoms with Gasteiger partial charge in [-0.1, -0.05) is 0 Å². The fourth-order valence-corrected chi connectivity index (χ4v) is 1.90. The summed E-state index contributed by atoms with van der Waals surface area (Å²) in [7, 11) is 0. The summed E-state index contributed by atoms with van der Waals surface area (Å²) in [6, 6.07) is 0. The molecule has 0 aromatic carbocycles. The van der Waals surface area contributed by atoms with E-state index < -0.39 is 6.09 Å². The number of hydrogen-bond acceptors (Lipinski definition) is 2. The van der Waals surface area contributed by atoms with E-state index in [9.17, 15) is 4.79 Å². The van der Waals surface area contributed by atoms with Crippen LogP contribution in [0, 0.1) is 11.8 Å². The molecule has 76 valence electrons. The van der Waals surface area contributed by atoms with Crippen LogP contribution in [0.5, 0.6) is 0 Å². The SMILES string of the molecule is NC[C@H]1CC[C@H](CNC(=O)O)CC1. The minimum atomic E-state index is -0.916. The number of nitrogens with two attached hydrogens (primary N) is 1. The molecule has 1 fully saturated rings. The second-order valence-corrected chi connectivity index (χ2v) is 3.81. The Bertz CT molecular complexity index is 165. The number of amides is 1. The Labute approximate surface area is 78.5 Å². The molecule has 1 amide bonds. The molecule has 1 aliphatic carbocycles. The molecular weight excluding hydrogens is 168 g/mol. The molecule has 0 aromatic rings. The third-order valence-corrected chi connectivity index (χ3v) is 2.84. The van der Waals surface area contributed by atoms with Crippen LogP contribution in [-0.2, 0) is 0 Å². The van der Waals surface area contributed by atoms with Crippen molar-refractivity contribution >= 4 is 6.09 Å². The van der Waals surface area contributed by atoms with Gasteiger partial charge < -0.3 is 16.2 Å². The van der Waals surface area contributed by atoms with Gasteiger partial charge in [-0.15, -0.1) is 0 Å². The predicted molar refractivity (Wildman–Crippen MR) is 50.5 cm³/mol. The normalized spacial score (nSPS) is 28.4. The molecule has 0 spiro atoms. The molecule has 4 heteroatoms. The quantitative estimate of drug-likeness (QED) is 0.616. The number of hydrogen-bond donors (Lipinski definition) is 3. The summed E-state index contributed by atoms with van der Waals surface area (Å²) >= 11 is 0. The lowest BCUT2D eigenvalue weighted by molar-refractivity contribution is 0.188. The van der Waals surface area contributed by atoms with Gasteiger partial charge in [-0.3, -0.25) is 0 Å². The van der Waals surface area contributed by atoms with Gasteiger partial charge >= 0.3 is 6.09 Å². The Kier molecular flexibility index (Phi) is 4.02. The molecule has 1 saturated carbocycles. The fraction of sp³-hybridized carbons (Fsp3) is 0.889. The van der Waals surface area contributed by atoms with Crippen molar-refractivity contribution in [2.24, 2.45) is 17.6 Å². The molecular formula is C9H18N2O2. The average Bonchev–Trinajstić information content (AvgIpc) is 2.15. The second kappa shape index (κ2) is 5.07. The largest absolute Gasteiger partial charge is 0.465 e. The predicted octanol–water partition coefficient (Wildman–Crippen LogP) is 1.02. The van der Waals surface area contributed by atoms with Crippen molar-refractivity contribution in [3.8, 4) is 0 Å². The Morgan fingerprint density at radius 1 is 1.31 bits per heavy atom. The van der Waals surface area contributed by atoms with Crippen LogP contribution in [0.15, 0.2) is 0 Å². The minimum absolute atomic E-state index is 0.527. The van der Waals surface area contributed by atoms with Crippen molar-refractivity contribution in [1.29, 1.82) is 0 Å². The van der Waals surface area contributed by atoms with Crippen LogP contribution in [0.25, 0.3) is 0 Å². The van der Waals surface area contributed by atoms with Crippen LogP contribution >= 0.6 is 0 Å². The summed E-state index contributed by atoms with van der Waals surface area (Å²) in [5.41, 5.74) is 5.56. The highest BCUT2D eigenvalue weighted by Crippen LogP contribution is 2.27. The van der Waals surface area contributed by atoms with E-state index >= 15 is 0 Å². The summed E-state index contributed by atoms with van der Waals surface area (Å²) in [5, 5.41) is 10.8. The van der Waals surface area contributed by atoms with E-state index in [0.717, 1.165) is 32.2 Å². The topological polar surface area (TPSA) is 75.3 Å². The minimum Gasteiger partial charge on any atom is -0.465 e. The van der Waals surface area contributed by atoms with Crippen LogP contribution < -0.4 is 11.1 Å². The number of carboxylic acid groups (broad SMARTS) is 1. The van der Waals surface area contributed by atoms with Crippen molar-refractivity contribution in [1.82, 2.24) is 5.32 Å². The van der Waals surface area contributed by atoms with Crippen LogP contribution in [0.3, 0.4) is 0 Å². The van der Waals surface area contributed by atoms with E-state index in [0.29, 0.717) is 18.4 Å². The zero-order chi connectivity index (χ0) is 9.68. The number of carbonyl (C=O) groups is 1. The molecule has 0 bridgehead atoms. The molecule has 1 rings (SSSR count). The van der Waals surface area contributed by atoms with Crippen molar-refractivity contribution in [2.45, 2.75) is 25.7 Å². The third-order valence-electron chi connectivity index (χ3n) is 2.84. The van der Waals surface area contributed by atoms with Crippen LogP contribution in [0.2, 0.25) is 0 Å².